The summed E-state index contributed by atoms with van der Waals surface area (Å²) in [6, 6.07) is 2.06. The minimum absolute atomic E-state index is 0.239. The second kappa shape index (κ2) is 5.27. The lowest BCUT2D eigenvalue weighted by atomic mass is 9.69. The van der Waals surface area contributed by atoms with Gasteiger partial charge in [0.2, 0.25) is 0 Å². The molecule has 1 aliphatic rings. The molecule has 0 aliphatic heterocycles. The Labute approximate surface area is 110 Å². The number of ether oxygens (including phenoxy) is 1. The minimum atomic E-state index is -0.239. The van der Waals surface area contributed by atoms with Gasteiger partial charge in [-0.25, -0.2) is 0 Å². The van der Waals surface area contributed by atoms with Gasteiger partial charge in [0.1, 0.15) is 5.75 Å². The summed E-state index contributed by atoms with van der Waals surface area (Å²) < 4.78 is 5.52. The zero-order valence-corrected chi connectivity index (χ0v) is 11.6. The summed E-state index contributed by atoms with van der Waals surface area (Å²) in [5.74, 6) is 2.18. The van der Waals surface area contributed by atoms with E-state index >= 15 is 0 Å². The molecule has 3 heteroatoms. The summed E-state index contributed by atoms with van der Waals surface area (Å²) in [6.07, 6.45) is 7.00. The molecule has 2 unspecified atom stereocenters. The van der Waals surface area contributed by atoms with Crippen LogP contribution in [0.1, 0.15) is 45.6 Å². The molecule has 100 valence electrons. The van der Waals surface area contributed by atoms with Crippen molar-refractivity contribution in [1.82, 2.24) is 4.98 Å². The third kappa shape index (κ3) is 2.83. The second-order valence-corrected chi connectivity index (χ2v) is 5.85. The lowest BCUT2D eigenvalue weighted by Gasteiger charge is -2.40. The van der Waals surface area contributed by atoms with Crippen LogP contribution in [0.4, 0.5) is 0 Å². The molecule has 0 saturated heterocycles. The SMILES string of the molecule is CCOc1cncc(C2(N)CC(C)CC(C)C2)c1. The van der Waals surface area contributed by atoms with E-state index in [0.29, 0.717) is 18.4 Å². The van der Waals surface area contributed by atoms with Crippen LogP contribution in [0.3, 0.4) is 0 Å². The molecule has 0 spiro atoms. The number of aromatic nitrogens is 1. The molecular formula is C15H24N2O. The Hall–Kier alpha value is -1.09. The predicted octanol–water partition coefficient (Wildman–Crippen LogP) is 3.09. The van der Waals surface area contributed by atoms with Crippen LogP contribution in [0.5, 0.6) is 5.75 Å². The van der Waals surface area contributed by atoms with Crippen molar-refractivity contribution >= 4 is 0 Å². The van der Waals surface area contributed by atoms with Crippen LogP contribution < -0.4 is 10.5 Å². The zero-order chi connectivity index (χ0) is 13.2. The second-order valence-electron chi connectivity index (χ2n) is 5.85. The van der Waals surface area contributed by atoms with Crippen molar-refractivity contribution in [3.8, 4) is 5.75 Å². The van der Waals surface area contributed by atoms with Crippen molar-refractivity contribution in [2.75, 3.05) is 6.61 Å². The summed E-state index contributed by atoms with van der Waals surface area (Å²) in [5, 5.41) is 0. The van der Waals surface area contributed by atoms with Gasteiger partial charge in [0.05, 0.1) is 12.8 Å². The first-order valence-corrected chi connectivity index (χ1v) is 6.90. The highest BCUT2D eigenvalue weighted by atomic mass is 16.5. The lowest BCUT2D eigenvalue weighted by Crippen LogP contribution is -2.43. The van der Waals surface area contributed by atoms with E-state index in [0.717, 1.165) is 24.2 Å². The maximum absolute atomic E-state index is 6.63. The molecular weight excluding hydrogens is 224 g/mol. The fraction of sp³-hybridized carbons (Fsp3) is 0.667. The van der Waals surface area contributed by atoms with Gasteiger partial charge in [0, 0.05) is 11.7 Å². The normalized spacial score (nSPS) is 32.2. The zero-order valence-electron chi connectivity index (χ0n) is 11.6. The number of hydrogen-bond donors (Lipinski definition) is 1. The average Bonchev–Trinajstić information content (AvgIpc) is 2.28. The molecule has 2 atom stereocenters. The number of pyridine rings is 1. The molecule has 0 aromatic carbocycles. The monoisotopic (exact) mass is 248 g/mol. The van der Waals surface area contributed by atoms with Crippen molar-refractivity contribution in [2.45, 2.75) is 45.6 Å². The van der Waals surface area contributed by atoms with Crippen LogP contribution >= 0.6 is 0 Å². The highest BCUT2D eigenvalue weighted by Crippen LogP contribution is 2.41. The fourth-order valence-corrected chi connectivity index (χ4v) is 3.35. The number of hydrogen-bond acceptors (Lipinski definition) is 3. The van der Waals surface area contributed by atoms with Crippen molar-refractivity contribution < 1.29 is 4.74 Å². The Bertz CT molecular complexity index is 395. The van der Waals surface area contributed by atoms with E-state index < -0.39 is 0 Å². The smallest absolute Gasteiger partial charge is 0.137 e. The van der Waals surface area contributed by atoms with E-state index in [9.17, 15) is 0 Å². The third-order valence-corrected chi connectivity index (χ3v) is 3.83. The van der Waals surface area contributed by atoms with Crippen molar-refractivity contribution in [1.29, 1.82) is 0 Å². The predicted molar refractivity (Wildman–Crippen MR) is 73.5 cm³/mol. The molecule has 1 saturated carbocycles. The first kappa shape index (κ1) is 13.3. The van der Waals surface area contributed by atoms with Crippen LogP contribution in [0.15, 0.2) is 18.5 Å². The molecule has 2 N–H and O–H groups in total. The standard InChI is InChI=1S/C15H24N2O/c1-4-18-14-6-13(9-17-10-14)15(16)7-11(2)5-12(3)8-15/h6,9-12H,4-5,7-8,16H2,1-3H3. The third-order valence-electron chi connectivity index (χ3n) is 3.83. The Morgan fingerprint density at radius 1 is 1.33 bits per heavy atom. The summed E-state index contributed by atoms with van der Waals surface area (Å²) in [7, 11) is 0. The van der Waals surface area contributed by atoms with Gasteiger partial charge in [-0.2, -0.15) is 0 Å². The van der Waals surface area contributed by atoms with Crippen LogP contribution in [-0.4, -0.2) is 11.6 Å². The van der Waals surface area contributed by atoms with Crippen LogP contribution in [-0.2, 0) is 5.54 Å². The molecule has 3 nitrogen and oxygen atoms in total. The molecule has 0 radical (unpaired) electrons. The van der Waals surface area contributed by atoms with Crippen LogP contribution in [0, 0.1) is 11.8 Å². The minimum Gasteiger partial charge on any atom is -0.492 e. The highest BCUT2D eigenvalue weighted by molar-refractivity contribution is 5.30. The van der Waals surface area contributed by atoms with Crippen LogP contribution in [0.25, 0.3) is 0 Å². The van der Waals surface area contributed by atoms with Gasteiger partial charge in [0.25, 0.3) is 0 Å². The first-order valence-electron chi connectivity index (χ1n) is 6.90. The Morgan fingerprint density at radius 2 is 2.00 bits per heavy atom. The number of nitrogens with two attached hydrogens (primary N) is 1. The molecule has 0 bridgehead atoms. The lowest BCUT2D eigenvalue weighted by molar-refractivity contribution is 0.183. The van der Waals surface area contributed by atoms with Gasteiger partial charge in [-0.05, 0) is 49.7 Å². The number of nitrogens with zero attached hydrogens (tertiary/aromatic N) is 1. The summed E-state index contributed by atoms with van der Waals surface area (Å²) in [4.78, 5) is 4.27. The van der Waals surface area contributed by atoms with E-state index in [-0.39, 0.29) is 5.54 Å². The van der Waals surface area contributed by atoms with Gasteiger partial charge in [0.15, 0.2) is 0 Å². The average molecular weight is 248 g/mol. The summed E-state index contributed by atoms with van der Waals surface area (Å²) in [5.41, 5.74) is 7.51. The van der Waals surface area contributed by atoms with Crippen molar-refractivity contribution in [3.05, 3.63) is 24.0 Å². The highest BCUT2D eigenvalue weighted by Gasteiger charge is 2.36. The summed E-state index contributed by atoms with van der Waals surface area (Å²) >= 11 is 0. The molecule has 1 heterocycles. The van der Waals surface area contributed by atoms with Crippen molar-refractivity contribution in [3.63, 3.8) is 0 Å². The molecule has 2 rings (SSSR count). The van der Waals surface area contributed by atoms with E-state index in [1.807, 2.05) is 13.1 Å². The first-order chi connectivity index (χ1) is 8.53. The van der Waals surface area contributed by atoms with E-state index in [1.165, 1.54) is 6.42 Å². The molecule has 18 heavy (non-hydrogen) atoms. The molecule has 0 amide bonds. The quantitative estimate of drug-likeness (QED) is 0.894. The Balaban J connectivity index is 2.25. The van der Waals surface area contributed by atoms with Gasteiger partial charge >= 0.3 is 0 Å². The Morgan fingerprint density at radius 3 is 2.61 bits per heavy atom. The van der Waals surface area contributed by atoms with E-state index in [4.69, 9.17) is 10.5 Å². The summed E-state index contributed by atoms with van der Waals surface area (Å²) in [6.45, 7) is 7.22. The van der Waals surface area contributed by atoms with Gasteiger partial charge in [-0.1, -0.05) is 13.8 Å². The fourth-order valence-electron chi connectivity index (χ4n) is 3.35. The number of rotatable bonds is 3. The largest absolute Gasteiger partial charge is 0.492 e. The van der Waals surface area contributed by atoms with Gasteiger partial charge in [-0.15, -0.1) is 0 Å². The van der Waals surface area contributed by atoms with Gasteiger partial charge in [-0.3, -0.25) is 4.98 Å². The van der Waals surface area contributed by atoms with E-state index in [2.05, 4.69) is 24.9 Å². The molecule has 1 aromatic rings. The topological polar surface area (TPSA) is 48.1 Å². The maximum atomic E-state index is 6.63. The molecule has 1 aromatic heterocycles. The maximum Gasteiger partial charge on any atom is 0.137 e. The Kier molecular flexibility index (Phi) is 3.91. The van der Waals surface area contributed by atoms with Gasteiger partial charge < -0.3 is 10.5 Å². The van der Waals surface area contributed by atoms with Crippen LogP contribution in [0.2, 0.25) is 0 Å². The van der Waals surface area contributed by atoms with E-state index in [1.54, 1.807) is 6.20 Å². The molecule has 1 fully saturated rings. The van der Waals surface area contributed by atoms with Crippen molar-refractivity contribution in [2.24, 2.45) is 17.6 Å². The molecule has 1 aliphatic carbocycles.